The zero-order valence-corrected chi connectivity index (χ0v) is 21.3. The number of amides is 1. The van der Waals surface area contributed by atoms with Crippen LogP contribution in [0.5, 0.6) is 0 Å². The molecule has 0 unspecified atom stereocenters. The highest BCUT2D eigenvalue weighted by Crippen LogP contribution is 2.44. The molecule has 0 atom stereocenters. The van der Waals surface area contributed by atoms with E-state index in [1.807, 2.05) is 24.7 Å². The molecule has 1 spiro atoms. The molecule has 1 amide bonds. The summed E-state index contributed by atoms with van der Waals surface area (Å²) < 4.78 is 0. The molecule has 3 aromatic heterocycles. The summed E-state index contributed by atoms with van der Waals surface area (Å²) >= 11 is 0. The quantitative estimate of drug-likeness (QED) is 0.423. The average Bonchev–Trinajstić information content (AvgIpc) is 3.48. The van der Waals surface area contributed by atoms with E-state index in [-0.39, 0.29) is 11.4 Å². The van der Waals surface area contributed by atoms with Crippen LogP contribution in [0.4, 0.5) is 5.82 Å². The van der Waals surface area contributed by atoms with Gasteiger partial charge in [0.2, 0.25) is 0 Å². The first-order valence-electron chi connectivity index (χ1n) is 13.4. The van der Waals surface area contributed by atoms with Crippen LogP contribution in [0.15, 0.2) is 55.0 Å². The first-order chi connectivity index (χ1) is 18.1. The molecular formula is C30H32N6O. The fourth-order valence-corrected chi connectivity index (χ4v) is 6.39. The number of H-pyrrole nitrogens is 1. The van der Waals surface area contributed by atoms with Crippen molar-refractivity contribution in [2.75, 3.05) is 38.1 Å². The number of hydrogen-bond donors (Lipinski definition) is 2. The third-order valence-corrected chi connectivity index (χ3v) is 8.59. The number of nitrogens with one attached hydrogen (secondary N) is 2. The van der Waals surface area contributed by atoms with Crippen molar-refractivity contribution in [3.63, 3.8) is 0 Å². The van der Waals surface area contributed by atoms with E-state index < -0.39 is 0 Å². The van der Waals surface area contributed by atoms with Crippen molar-refractivity contribution >= 4 is 22.8 Å². The van der Waals surface area contributed by atoms with Gasteiger partial charge in [0.05, 0.1) is 5.54 Å². The number of carbonyl (C=O) groups excluding carboxylic acids is 1. The number of likely N-dealkylation sites (N-methyl/N-ethyl adjacent to an activating group) is 1. The van der Waals surface area contributed by atoms with Crippen LogP contribution in [0.1, 0.15) is 48.0 Å². The molecule has 1 aliphatic carbocycles. The molecule has 37 heavy (non-hydrogen) atoms. The van der Waals surface area contributed by atoms with Crippen LogP contribution in [0.2, 0.25) is 0 Å². The molecular weight excluding hydrogens is 460 g/mol. The predicted octanol–water partition coefficient (Wildman–Crippen LogP) is 4.95. The minimum absolute atomic E-state index is 0.0684. The van der Waals surface area contributed by atoms with Crippen molar-refractivity contribution in [3.8, 4) is 22.3 Å². The van der Waals surface area contributed by atoms with E-state index in [9.17, 15) is 4.79 Å². The topological polar surface area (TPSA) is 77.1 Å². The van der Waals surface area contributed by atoms with Crippen LogP contribution in [-0.4, -0.2) is 59.0 Å². The smallest absolute Gasteiger partial charge is 0.252 e. The molecule has 2 aliphatic heterocycles. The van der Waals surface area contributed by atoms with E-state index in [2.05, 4.69) is 57.5 Å². The number of pyridine rings is 2. The van der Waals surface area contributed by atoms with Gasteiger partial charge in [0, 0.05) is 72.4 Å². The number of anilines is 1. The van der Waals surface area contributed by atoms with E-state index in [4.69, 9.17) is 9.97 Å². The Labute approximate surface area is 216 Å². The number of piperazine rings is 1. The first-order valence-corrected chi connectivity index (χ1v) is 13.4. The van der Waals surface area contributed by atoms with Gasteiger partial charge in [0.1, 0.15) is 11.5 Å². The lowest BCUT2D eigenvalue weighted by atomic mass is 9.77. The Morgan fingerprint density at radius 1 is 0.838 bits per heavy atom. The van der Waals surface area contributed by atoms with Crippen molar-refractivity contribution in [1.82, 2.24) is 25.2 Å². The fraction of sp³-hybridized carbons (Fsp3) is 0.367. The zero-order valence-electron chi connectivity index (χ0n) is 21.3. The summed E-state index contributed by atoms with van der Waals surface area (Å²) in [6.07, 6.45) is 11.5. The van der Waals surface area contributed by atoms with Gasteiger partial charge >= 0.3 is 0 Å². The molecule has 7 rings (SSSR count). The van der Waals surface area contributed by atoms with E-state index in [1.165, 1.54) is 6.42 Å². The van der Waals surface area contributed by atoms with Crippen LogP contribution in [0.3, 0.4) is 0 Å². The fourth-order valence-electron chi connectivity index (χ4n) is 6.39. The SMILES string of the molecule is CN1CCN(c2ccc(-c3cnc4[nH]cc(-c5ccc6c(c5)C5(CCCCC5)NC6=O)c4c3)cn2)CC1. The normalized spacial score (nSPS) is 19.4. The van der Waals surface area contributed by atoms with Gasteiger partial charge in [-0.3, -0.25) is 4.79 Å². The van der Waals surface area contributed by atoms with Crippen LogP contribution in [0.25, 0.3) is 33.3 Å². The van der Waals surface area contributed by atoms with Crippen LogP contribution < -0.4 is 10.2 Å². The van der Waals surface area contributed by atoms with Crippen LogP contribution in [-0.2, 0) is 5.54 Å². The van der Waals surface area contributed by atoms with Crippen molar-refractivity contribution < 1.29 is 4.79 Å². The van der Waals surface area contributed by atoms with Gasteiger partial charge < -0.3 is 20.1 Å². The van der Waals surface area contributed by atoms with Crippen LogP contribution in [0, 0.1) is 0 Å². The maximum atomic E-state index is 12.8. The molecule has 3 aliphatic rings. The Kier molecular flexibility index (Phi) is 5.29. The van der Waals surface area contributed by atoms with Crippen molar-refractivity contribution in [2.45, 2.75) is 37.6 Å². The highest BCUT2D eigenvalue weighted by atomic mass is 16.2. The minimum Gasteiger partial charge on any atom is -0.354 e. The predicted molar refractivity (Wildman–Crippen MR) is 147 cm³/mol. The number of hydrogen-bond acceptors (Lipinski definition) is 5. The number of carbonyl (C=O) groups is 1. The molecule has 0 radical (unpaired) electrons. The first kappa shape index (κ1) is 22.5. The summed E-state index contributed by atoms with van der Waals surface area (Å²) in [5.74, 6) is 1.10. The second kappa shape index (κ2) is 8.70. The lowest BCUT2D eigenvalue weighted by molar-refractivity contribution is 0.0909. The van der Waals surface area contributed by atoms with Gasteiger partial charge in [-0.1, -0.05) is 25.3 Å². The van der Waals surface area contributed by atoms with E-state index in [1.54, 1.807) is 0 Å². The summed E-state index contributed by atoms with van der Waals surface area (Å²) in [4.78, 5) is 30.3. The summed E-state index contributed by atoms with van der Waals surface area (Å²) in [6, 6.07) is 12.8. The molecule has 0 bridgehead atoms. The van der Waals surface area contributed by atoms with Gasteiger partial charge in [0.15, 0.2) is 0 Å². The number of benzene rings is 1. The minimum atomic E-state index is -0.201. The van der Waals surface area contributed by atoms with Gasteiger partial charge in [-0.05, 0) is 61.3 Å². The standard InChI is InChI=1S/C30H32N6O/c1-35-11-13-36(14-12-35)27-8-6-21(17-31-27)22-15-24-25(19-33-28(24)32-18-22)20-5-7-23-26(16-20)30(34-29(23)37)9-3-2-4-10-30/h5-8,15-19H,2-4,9-14H2,1H3,(H,32,33)(H,34,37). The second-order valence-corrected chi connectivity index (χ2v) is 10.9. The highest BCUT2D eigenvalue weighted by molar-refractivity contribution is 6.02. The Morgan fingerprint density at radius 2 is 1.62 bits per heavy atom. The molecule has 7 heteroatoms. The molecule has 7 nitrogen and oxygen atoms in total. The average molecular weight is 493 g/mol. The molecule has 2 N–H and O–H groups in total. The second-order valence-electron chi connectivity index (χ2n) is 10.9. The van der Waals surface area contributed by atoms with E-state index in [0.717, 1.165) is 102 Å². The summed E-state index contributed by atoms with van der Waals surface area (Å²) in [5.41, 5.74) is 6.99. The Balaban J connectivity index is 1.22. The van der Waals surface area contributed by atoms with E-state index in [0.29, 0.717) is 0 Å². The van der Waals surface area contributed by atoms with Crippen molar-refractivity contribution in [3.05, 3.63) is 66.1 Å². The van der Waals surface area contributed by atoms with Crippen molar-refractivity contribution in [2.24, 2.45) is 0 Å². The molecule has 1 saturated heterocycles. The molecule has 1 saturated carbocycles. The van der Waals surface area contributed by atoms with Gasteiger partial charge in [-0.15, -0.1) is 0 Å². The van der Waals surface area contributed by atoms with Gasteiger partial charge in [0.25, 0.3) is 5.91 Å². The van der Waals surface area contributed by atoms with Crippen LogP contribution >= 0.6 is 0 Å². The Bertz CT molecular complexity index is 1480. The third kappa shape index (κ3) is 3.80. The lowest BCUT2D eigenvalue weighted by Crippen LogP contribution is -2.44. The highest BCUT2D eigenvalue weighted by Gasteiger charge is 2.43. The lowest BCUT2D eigenvalue weighted by Gasteiger charge is -2.34. The number of nitrogens with zero attached hydrogens (tertiary/aromatic N) is 4. The van der Waals surface area contributed by atoms with Crippen molar-refractivity contribution in [1.29, 1.82) is 0 Å². The number of aromatic nitrogens is 3. The maximum Gasteiger partial charge on any atom is 0.252 e. The Hall–Kier alpha value is -3.71. The number of fused-ring (bicyclic) bond motifs is 3. The van der Waals surface area contributed by atoms with E-state index >= 15 is 0 Å². The zero-order chi connectivity index (χ0) is 25.0. The number of aromatic amines is 1. The monoisotopic (exact) mass is 492 g/mol. The molecule has 2 fully saturated rings. The Morgan fingerprint density at radius 3 is 2.41 bits per heavy atom. The van der Waals surface area contributed by atoms with Gasteiger partial charge in [-0.2, -0.15) is 0 Å². The summed E-state index contributed by atoms with van der Waals surface area (Å²) in [7, 11) is 2.17. The molecule has 188 valence electrons. The third-order valence-electron chi connectivity index (χ3n) is 8.59. The van der Waals surface area contributed by atoms with Gasteiger partial charge in [-0.25, -0.2) is 9.97 Å². The largest absolute Gasteiger partial charge is 0.354 e. The number of rotatable bonds is 3. The maximum absolute atomic E-state index is 12.8. The summed E-state index contributed by atoms with van der Waals surface area (Å²) in [5, 5.41) is 4.41. The molecule has 4 aromatic rings. The summed E-state index contributed by atoms with van der Waals surface area (Å²) in [6.45, 7) is 4.14. The molecule has 5 heterocycles. The molecule has 1 aromatic carbocycles.